The summed E-state index contributed by atoms with van der Waals surface area (Å²) < 4.78 is 5.87. The van der Waals surface area contributed by atoms with Gasteiger partial charge in [-0.3, -0.25) is 0 Å². The fourth-order valence-electron chi connectivity index (χ4n) is 3.96. The van der Waals surface area contributed by atoms with Crippen LogP contribution in [-0.4, -0.2) is 18.6 Å². The van der Waals surface area contributed by atoms with Crippen molar-refractivity contribution in [3.63, 3.8) is 0 Å². The van der Waals surface area contributed by atoms with Crippen molar-refractivity contribution >= 4 is 21.7 Å². The van der Waals surface area contributed by atoms with Gasteiger partial charge in [-0.1, -0.05) is 42.0 Å². The molecular formula is C24H26N2O. The molecule has 4 rings (SSSR count). The quantitative estimate of drug-likeness (QED) is 0.442. The van der Waals surface area contributed by atoms with Crippen LogP contribution in [0.25, 0.3) is 32.9 Å². The number of unbranched alkanes of at least 4 members (excludes halogenated alkanes) is 1. The fourth-order valence-corrected chi connectivity index (χ4v) is 3.96. The lowest BCUT2D eigenvalue weighted by atomic mass is 9.97. The highest BCUT2D eigenvalue weighted by Crippen LogP contribution is 2.40. The van der Waals surface area contributed by atoms with Gasteiger partial charge in [0.15, 0.2) is 0 Å². The molecule has 4 aromatic rings. The van der Waals surface area contributed by atoms with Crippen molar-refractivity contribution in [3.8, 4) is 17.0 Å². The number of nitrogens with two attached hydrogens (primary N) is 1. The maximum absolute atomic E-state index is 5.87. The van der Waals surface area contributed by atoms with Gasteiger partial charge in [0.1, 0.15) is 5.75 Å². The van der Waals surface area contributed by atoms with Crippen LogP contribution < -0.4 is 10.5 Å². The Morgan fingerprint density at radius 2 is 1.81 bits per heavy atom. The van der Waals surface area contributed by atoms with Crippen LogP contribution >= 0.6 is 0 Å². The number of H-pyrrole nitrogens is 1. The van der Waals surface area contributed by atoms with E-state index in [9.17, 15) is 0 Å². The fraction of sp³-hybridized carbons (Fsp3) is 0.250. The molecule has 3 nitrogen and oxygen atoms in total. The molecule has 3 aromatic carbocycles. The van der Waals surface area contributed by atoms with E-state index in [0.29, 0.717) is 0 Å². The Bertz CT molecular complexity index is 1090. The zero-order chi connectivity index (χ0) is 18.8. The average molecular weight is 358 g/mol. The van der Waals surface area contributed by atoms with Gasteiger partial charge in [0.2, 0.25) is 0 Å². The zero-order valence-electron chi connectivity index (χ0n) is 16.0. The highest BCUT2D eigenvalue weighted by molar-refractivity contribution is 5.98. The highest BCUT2D eigenvalue weighted by Gasteiger charge is 2.18. The summed E-state index contributed by atoms with van der Waals surface area (Å²) in [5.41, 5.74) is 11.8. The van der Waals surface area contributed by atoms with Gasteiger partial charge in [0.05, 0.1) is 12.8 Å². The van der Waals surface area contributed by atoms with Crippen molar-refractivity contribution < 1.29 is 4.74 Å². The molecule has 0 saturated heterocycles. The molecule has 0 unspecified atom stereocenters. The summed E-state index contributed by atoms with van der Waals surface area (Å²) in [4.78, 5) is 3.66. The number of nitrogens with one attached hydrogen (secondary N) is 1. The normalized spacial score (nSPS) is 11.4. The molecule has 0 fully saturated rings. The molecule has 0 saturated carbocycles. The van der Waals surface area contributed by atoms with Crippen LogP contribution in [0.2, 0.25) is 0 Å². The molecule has 3 heteroatoms. The van der Waals surface area contributed by atoms with Crippen LogP contribution in [0.4, 0.5) is 0 Å². The van der Waals surface area contributed by atoms with Gasteiger partial charge in [0, 0.05) is 21.9 Å². The molecule has 0 aliphatic carbocycles. The van der Waals surface area contributed by atoms with E-state index in [1.807, 2.05) is 0 Å². The third-order valence-corrected chi connectivity index (χ3v) is 5.30. The van der Waals surface area contributed by atoms with Gasteiger partial charge in [-0.25, -0.2) is 0 Å². The second kappa shape index (κ2) is 7.45. The first-order chi connectivity index (χ1) is 13.2. The number of hydrogen-bond donors (Lipinski definition) is 2. The van der Waals surface area contributed by atoms with Crippen molar-refractivity contribution in [1.29, 1.82) is 0 Å². The molecule has 3 N–H and O–H groups in total. The predicted octanol–water partition coefficient (Wildman–Crippen LogP) is 5.59. The third kappa shape index (κ3) is 3.19. The molecular weight excluding hydrogens is 332 g/mol. The molecule has 0 radical (unpaired) electrons. The number of rotatable bonds is 6. The minimum atomic E-state index is 0.732. The molecule has 1 heterocycles. The van der Waals surface area contributed by atoms with Gasteiger partial charge >= 0.3 is 0 Å². The number of fused-ring (bicyclic) bond motifs is 2. The predicted molar refractivity (Wildman–Crippen MR) is 115 cm³/mol. The molecule has 1 aromatic heterocycles. The van der Waals surface area contributed by atoms with Crippen molar-refractivity contribution in [2.75, 3.05) is 13.7 Å². The van der Waals surface area contributed by atoms with Crippen LogP contribution in [0.3, 0.4) is 0 Å². The first-order valence-corrected chi connectivity index (χ1v) is 9.60. The van der Waals surface area contributed by atoms with Crippen LogP contribution in [0, 0.1) is 6.92 Å². The van der Waals surface area contributed by atoms with Crippen molar-refractivity contribution in [2.45, 2.75) is 26.2 Å². The van der Waals surface area contributed by atoms with Crippen LogP contribution in [0.15, 0.2) is 54.6 Å². The first kappa shape index (κ1) is 17.6. The summed E-state index contributed by atoms with van der Waals surface area (Å²) in [6.45, 7) is 2.88. The number of aromatic nitrogens is 1. The van der Waals surface area contributed by atoms with E-state index < -0.39 is 0 Å². The van der Waals surface area contributed by atoms with E-state index in [2.05, 4.69) is 66.5 Å². The minimum absolute atomic E-state index is 0.732. The van der Waals surface area contributed by atoms with E-state index in [1.165, 1.54) is 27.4 Å². The Morgan fingerprint density at radius 1 is 0.963 bits per heavy atom. The molecule has 0 aliphatic rings. The molecule has 0 amide bonds. The lowest BCUT2D eigenvalue weighted by Crippen LogP contribution is -1.99. The number of aromatic amines is 1. The summed E-state index contributed by atoms with van der Waals surface area (Å²) in [5.74, 6) is 0.927. The zero-order valence-corrected chi connectivity index (χ0v) is 16.0. The second-order valence-electron chi connectivity index (χ2n) is 7.14. The average Bonchev–Trinajstić information content (AvgIpc) is 3.05. The smallest absolute Gasteiger partial charge is 0.136 e. The van der Waals surface area contributed by atoms with Crippen molar-refractivity contribution in [2.24, 2.45) is 5.73 Å². The van der Waals surface area contributed by atoms with Crippen LogP contribution in [0.5, 0.6) is 5.75 Å². The van der Waals surface area contributed by atoms with Gasteiger partial charge in [0.25, 0.3) is 0 Å². The largest absolute Gasteiger partial charge is 0.495 e. The van der Waals surface area contributed by atoms with E-state index >= 15 is 0 Å². The summed E-state index contributed by atoms with van der Waals surface area (Å²) in [7, 11) is 1.76. The monoisotopic (exact) mass is 358 g/mol. The third-order valence-electron chi connectivity index (χ3n) is 5.30. The Labute approximate surface area is 160 Å². The topological polar surface area (TPSA) is 51.0 Å². The number of aryl methyl sites for hydroxylation is 2. The molecule has 0 spiro atoms. The summed E-state index contributed by atoms with van der Waals surface area (Å²) in [6.07, 6.45) is 3.12. The number of methoxy groups -OCH3 is 1. The minimum Gasteiger partial charge on any atom is -0.495 e. The molecule has 138 valence electrons. The summed E-state index contributed by atoms with van der Waals surface area (Å²) in [5, 5.41) is 3.63. The standard InChI is InChI=1S/C24H26N2O/c1-16-10-13-22-21(15-16)19(9-5-6-14-25)23(26-22)20-12-11-17-7-3-4-8-18(17)24(20)27-2/h3-4,7-8,10-13,15,26H,5-6,9,14,25H2,1-2H3. The Morgan fingerprint density at radius 3 is 2.63 bits per heavy atom. The van der Waals surface area contributed by atoms with Gasteiger partial charge in [-0.2, -0.15) is 0 Å². The second-order valence-corrected chi connectivity index (χ2v) is 7.14. The SMILES string of the molecule is COc1c(-c2[nH]c3ccc(C)cc3c2CCCCN)ccc2ccccc12. The van der Waals surface area contributed by atoms with Crippen LogP contribution in [0.1, 0.15) is 24.0 Å². The molecule has 0 bridgehead atoms. The van der Waals surface area contributed by atoms with Crippen molar-refractivity contribution in [1.82, 2.24) is 4.98 Å². The number of benzene rings is 3. The molecule has 0 atom stereocenters. The number of hydrogen-bond acceptors (Lipinski definition) is 2. The Balaban J connectivity index is 1.95. The summed E-state index contributed by atoms with van der Waals surface area (Å²) >= 11 is 0. The Hall–Kier alpha value is -2.78. The van der Waals surface area contributed by atoms with Gasteiger partial charge in [-0.15, -0.1) is 0 Å². The van der Waals surface area contributed by atoms with E-state index in [-0.39, 0.29) is 0 Å². The molecule has 0 aliphatic heterocycles. The lowest BCUT2D eigenvalue weighted by molar-refractivity contribution is 0.421. The van der Waals surface area contributed by atoms with E-state index in [1.54, 1.807) is 7.11 Å². The highest BCUT2D eigenvalue weighted by atomic mass is 16.5. The lowest BCUT2D eigenvalue weighted by Gasteiger charge is -2.13. The van der Waals surface area contributed by atoms with E-state index in [0.717, 1.165) is 48.2 Å². The van der Waals surface area contributed by atoms with Crippen molar-refractivity contribution in [3.05, 3.63) is 65.7 Å². The number of ether oxygens (including phenoxy) is 1. The van der Waals surface area contributed by atoms with Gasteiger partial charge < -0.3 is 15.5 Å². The van der Waals surface area contributed by atoms with Gasteiger partial charge in [-0.05, 0) is 61.9 Å². The maximum Gasteiger partial charge on any atom is 0.136 e. The summed E-state index contributed by atoms with van der Waals surface area (Å²) in [6, 6.07) is 19.3. The Kier molecular flexibility index (Phi) is 4.87. The van der Waals surface area contributed by atoms with Crippen LogP contribution in [-0.2, 0) is 6.42 Å². The molecule has 27 heavy (non-hydrogen) atoms. The first-order valence-electron chi connectivity index (χ1n) is 9.60. The maximum atomic E-state index is 5.87. The van der Waals surface area contributed by atoms with E-state index in [4.69, 9.17) is 10.5 Å².